The monoisotopic (exact) mass is 339 g/mol. The molecule has 25 heavy (non-hydrogen) atoms. The molecule has 0 bridgehead atoms. The third-order valence-corrected chi connectivity index (χ3v) is 3.70. The lowest BCUT2D eigenvalue weighted by Gasteiger charge is -2.06. The standard InChI is InChI=1S/C18H15F2N5/c1-11-14(13(4-6-21)15-9-23-7-5-17(15)22)10-24-25(11)18-3-2-12(19)8-16(18)20/h2-10H,1,21H2,(H2,22,23)/b6-4-,14-13+. The first kappa shape index (κ1) is 16.4. The highest BCUT2D eigenvalue weighted by molar-refractivity contribution is 5.80. The van der Waals surface area contributed by atoms with Gasteiger partial charge in [0.25, 0.3) is 0 Å². The Morgan fingerprint density at radius 3 is 2.68 bits per heavy atom. The van der Waals surface area contributed by atoms with Crippen LogP contribution in [0.1, 0.15) is 5.56 Å². The van der Waals surface area contributed by atoms with E-state index in [4.69, 9.17) is 11.5 Å². The van der Waals surface area contributed by atoms with E-state index in [2.05, 4.69) is 16.7 Å². The van der Waals surface area contributed by atoms with Crippen molar-refractivity contribution in [2.75, 3.05) is 5.73 Å². The molecule has 4 N–H and O–H groups in total. The predicted octanol–water partition coefficient (Wildman–Crippen LogP) is 1.21. The maximum atomic E-state index is 14.1. The molecule has 2 aromatic heterocycles. The summed E-state index contributed by atoms with van der Waals surface area (Å²) in [6.07, 6.45) is 7.69. The molecule has 2 heterocycles. The fraction of sp³-hybridized carbons (Fsp3) is 0. The Labute approximate surface area is 142 Å². The highest BCUT2D eigenvalue weighted by atomic mass is 19.1. The van der Waals surface area contributed by atoms with Gasteiger partial charge in [-0.3, -0.25) is 4.98 Å². The Hall–Kier alpha value is -3.48. The van der Waals surface area contributed by atoms with Gasteiger partial charge in [0, 0.05) is 34.9 Å². The summed E-state index contributed by atoms with van der Waals surface area (Å²) in [4.78, 5) is 4.07. The predicted molar refractivity (Wildman–Crippen MR) is 92.7 cm³/mol. The number of aromatic nitrogens is 3. The van der Waals surface area contributed by atoms with Gasteiger partial charge in [0.15, 0.2) is 5.82 Å². The van der Waals surface area contributed by atoms with Gasteiger partial charge in [-0.2, -0.15) is 5.10 Å². The normalized spacial score (nSPS) is 12.6. The Balaban J connectivity index is 2.30. The number of allylic oxidation sites excluding steroid dienone is 1. The smallest absolute Gasteiger partial charge is 0.151 e. The van der Waals surface area contributed by atoms with Crippen LogP contribution in [-0.2, 0) is 0 Å². The van der Waals surface area contributed by atoms with Crippen LogP contribution >= 0.6 is 0 Å². The minimum absolute atomic E-state index is 0.0906. The molecule has 0 spiro atoms. The summed E-state index contributed by atoms with van der Waals surface area (Å²) >= 11 is 0. The van der Waals surface area contributed by atoms with Crippen LogP contribution in [0.15, 0.2) is 55.1 Å². The van der Waals surface area contributed by atoms with E-state index in [0.29, 0.717) is 27.4 Å². The van der Waals surface area contributed by atoms with Crippen LogP contribution in [0.5, 0.6) is 0 Å². The van der Waals surface area contributed by atoms with E-state index in [1.807, 2.05) is 0 Å². The van der Waals surface area contributed by atoms with E-state index in [1.165, 1.54) is 23.1 Å². The van der Waals surface area contributed by atoms with Crippen molar-refractivity contribution >= 4 is 17.8 Å². The summed E-state index contributed by atoms with van der Waals surface area (Å²) in [6.45, 7) is 3.96. The summed E-state index contributed by atoms with van der Waals surface area (Å²) in [5.74, 6) is -1.41. The van der Waals surface area contributed by atoms with Crippen molar-refractivity contribution < 1.29 is 8.78 Å². The fourth-order valence-electron chi connectivity index (χ4n) is 2.51. The quantitative estimate of drug-likeness (QED) is 0.751. The van der Waals surface area contributed by atoms with Crippen molar-refractivity contribution in [2.24, 2.45) is 5.73 Å². The number of anilines is 1. The average Bonchev–Trinajstić information content (AvgIpc) is 2.95. The van der Waals surface area contributed by atoms with E-state index in [-0.39, 0.29) is 5.69 Å². The van der Waals surface area contributed by atoms with Crippen LogP contribution in [0.25, 0.3) is 17.8 Å². The summed E-state index contributed by atoms with van der Waals surface area (Å²) < 4.78 is 28.5. The molecule has 0 radical (unpaired) electrons. The van der Waals surface area contributed by atoms with Crippen LogP contribution in [0, 0.1) is 11.6 Å². The number of rotatable bonds is 3. The number of nitrogen functional groups attached to an aromatic ring is 1. The van der Waals surface area contributed by atoms with Crippen molar-refractivity contribution in [3.8, 4) is 5.69 Å². The highest BCUT2D eigenvalue weighted by Gasteiger charge is 2.11. The summed E-state index contributed by atoms with van der Waals surface area (Å²) in [6, 6.07) is 4.90. The molecule has 0 saturated heterocycles. The molecule has 0 aliphatic rings. The summed E-state index contributed by atoms with van der Waals surface area (Å²) in [7, 11) is 0. The zero-order valence-corrected chi connectivity index (χ0v) is 13.2. The van der Waals surface area contributed by atoms with E-state index in [0.717, 1.165) is 12.1 Å². The molecular weight excluding hydrogens is 324 g/mol. The minimum atomic E-state index is -0.739. The first-order valence-corrected chi connectivity index (χ1v) is 7.33. The SMILES string of the molecule is C=c1/c(=C(\C=C/N)c2cnccc2N)cnn1-c1ccc(F)cc1F. The lowest BCUT2D eigenvalue weighted by atomic mass is 10.0. The number of pyridine rings is 1. The van der Waals surface area contributed by atoms with E-state index in [9.17, 15) is 8.78 Å². The third-order valence-electron chi connectivity index (χ3n) is 3.70. The molecule has 0 aliphatic heterocycles. The van der Waals surface area contributed by atoms with Gasteiger partial charge in [0.2, 0.25) is 0 Å². The van der Waals surface area contributed by atoms with E-state index >= 15 is 0 Å². The molecule has 0 atom stereocenters. The maximum Gasteiger partial charge on any atom is 0.151 e. The van der Waals surface area contributed by atoms with Gasteiger partial charge >= 0.3 is 0 Å². The number of hydrogen-bond acceptors (Lipinski definition) is 4. The van der Waals surface area contributed by atoms with Gasteiger partial charge in [-0.05, 0) is 36.0 Å². The van der Waals surface area contributed by atoms with Crippen LogP contribution in [0.2, 0.25) is 0 Å². The fourth-order valence-corrected chi connectivity index (χ4v) is 2.51. The highest BCUT2D eigenvalue weighted by Crippen LogP contribution is 2.18. The molecule has 0 unspecified atom stereocenters. The topological polar surface area (TPSA) is 82.8 Å². The first-order chi connectivity index (χ1) is 12.0. The van der Waals surface area contributed by atoms with Crippen LogP contribution < -0.4 is 22.0 Å². The Bertz CT molecular complexity index is 1070. The molecule has 126 valence electrons. The second-order valence-electron chi connectivity index (χ2n) is 5.25. The van der Waals surface area contributed by atoms with Gasteiger partial charge in [-0.25, -0.2) is 13.5 Å². The third kappa shape index (κ3) is 2.99. The molecular formula is C18H15F2N5. The van der Waals surface area contributed by atoms with Crippen LogP contribution in [-0.4, -0.2) is 14.8 Å². The number of benzene rings is 1. The van der Waals surface area contributed by atoms with Gasteiger partial charge in [0.1, 0.15) is 11.5 Å². The lowest BCUT2D eigenvalue weighted by Crippen LogP contribution is -2.29. The van der Waals surface area contributed by atoms with Gasteiger partial charge in [-0.15, -0.1) is 0 Å². The second-order valence-corrected chi connectivity index (χ2v) is 5.25. The number of nitrogens with two attached hydrogens (primary N) is 2. The summed E-state index contributed by atoms with van der Waals surface area (Å²) in [5, 5.41) is 5.18. The van der Waals surface area contributed by atoms with Crippen molar-refractivity contribution in [1.82, 2.24) is 14.8 Å². The largest absolute Gasteiger partial charge is 0.405 e. The van der Waals surface area contributed by atoms with Crippen LogP contribution in [0.4, 0.5) is 14.5 Å². The Morgan fingerprint density at radius 2 is 2.00 bits per heavy atom. The molecule has 3 rings (SSSR count). The van der Waals surface area contributed by atoms with Gasteiger partial charge in [0.05, 0.1) is 11.5 Å². The lowest BCUT2D eigenvalue weighted by molar-refractivity contribution is 0.572. The average molecular weight is 339 g/mol. The number of nitrogens with zero attached hydrogens (tertiary/aromatic N) is 3. The number of halogens is 2. The van der Waals surface area contributed by atoms with Gasteiger partial charge < -0.3 is 11.5 Å². The van der Waals surface area contributed by atoms with E-state index in [1.54, 1.807) is 24.5 Å². The van der Waals surface area contributed by atoms with Crippen molar-refractivity contribution in [2.45, 2.75) is 0 Å². The molecule has 7 heteroatoms. The van der Waals surface area contributed by atoms with Crippen LogP contribution in [0.3, 0.4) is 0 Å². The summed E-state index contributed by atoms with van der Waals surface area (Å²) in [5.41, 5.74) is 13.4. The number of hydrogen-bond donors (Lipinski definition) is 2. The van der Waals surface area contributed by atoms with E-state index < -0.39 is 11.6 Å². The van der Waals surface area contributed by atoms with Crippen molar-refractivity contribution in [1.29, 1.82) is 0 Å². The molecule has 3 aromatic rings. The molecule has 0 fully saturated rings. The molecule has 0 aliphatic carbocycles. The van der Waals surface area contributed by atoms with Crippen molar-refractivity contribution in [3.05, 3.63) is 82.9 Å². The zero-order chi connectivity index (χ0) is 18.0. The minimum Gasteiger partial charge on any atom is -0.405 e. The molecule has 0 saturated carbocycles. The molecule has 0 amide bonds. The zero-order valence-electron chi connectivity index (χ0n) is 13.2. The molecule has 5 nitrogen and oxygen atoms in total. The van der Waals surface area contributed by atoms with Crippen molar-refractivity contribution in [3.63, 3.8) is 0 Å². The Kier molecular flexibility index (Phi) is 4.30. The maximum absolute atomic E-state index is 14.1. The van der Waals surface area contributed by atoms with Gasteiger partial charge in [-0.1, -0.05) is 6.58 Å². The second kappa shape index (κ2) is 6.56. The molecule has 1 aromatic carbocycles. The Morgan fingerprint density at radius 1 is 1.20 bits per heavy atom. The first-order valence-electron chi connectivity index (χ1n) is 7.33.